The molecule has 1 spiro atoms. The number of urea groups is 1. The zero-order valence-electron chi connectivity index (χ0n) is 15.7. The van der Waals surface area contributed by atoms with Crippen LogP contribution >= 0.6 is 11.3 Å². The number of Topliss-reactive ketones (excluding diaryl/α,β-unsaturated/α-hetero) is 1. The summed E-state index contributed by atoms with van der Waals surface area (Å²) in [6, 6.07) is 2.80. The molecule has 2 heterocycles. The second-order valence-electron chi connectivity index (χ2n) is 8.32. The summed E-state index contributed by atoms with van der Waals surface area (Å²) in [5.74, 6) is -1.18. The van der Waals surface area contributed by atoms with Crippen molar-refractivity contribution < 1.29 is 23.9 Å². The van der Waals surface area contributed by atoms with Crippen LogP contribution in [0, 0.1) is 11.3 Å². The average Bonchev–Trinajstić information content (AvgIpc) is 3.15. The Morgan fingerprint density at radius 1 is 1.33 bits per heavy atom. The highest BCUT2D eigenvalue weighted by atomic mass is 32.1. The molecule has 0 bridgehead atoms. The van der Waals surface area contributed by atoms with E-state index in [1.807, 2.05) is 0 Å². The lowest BCUT2D eigenvalue weighted by Gasteiger charge is -2.43. The van der Waals surface area contributed by atoms with Crippen molar-refractivity contribution in [3.63, 3.8) is 0 Å². The Morgan fingerprint density at radius 2 is 2.07 bits per heavy atom. The zero-order chi connectivity index (χ0) is 19.8. The van der Waals surface area contributed by atoms with Crippen LogP contribution in [-0.2, 0) is 14.3 Å². The van der Waals surface area contributed by atoms with Crippen molar-refractivity contribution in [3.8, 4) is 0 Å². The van der Waals surface area contributed by atoms with E-state index in [1.165, 1.54) is 11.3 Å². The molecule has 1 aliphatic heterocycles. The van der Waals surface area contributed by atoms with Gasteiger partial charge in [-0.1, -0.05) is 26.8 Å². The first-order valence-corrected chi connectivity index (χ1v) is 9.86. The lowest BCUT2D eigenvalue weighted by Crippen LogP contribution is -2.54. The number of imide groups is 1. The first-order chi connectivity index (χ1) is 12.6. The summed E-state index contributed by atoms with van der Waals surface area (Å²) < 4.78 is 4.97. The molecule has 7 nitrogen and oxygen atoms in total. The van der Waals surface area contributed by atoms with E-state index in [0.29, 0.717) is 17.7 Å². The lowest BCUT2D eigenvalue weighted by atomic mass is 9.64. The Bertz CT molecular complexity index is 773. The molecule has 1 saturated heterocycles. The molecule has 1 aliphatic carbocycles. The third-order valence-electron chi connectivity index (χ3n) is 5.07. The predicted octanol–water partition coefficient (Wildman–Crippen LogP) is 2.61. The van der Waals surface area contributed by atoms with E-state index in [9.17, 15) is 19.2 Å². The maximum atomic E-state index is 13.0. The van der Waals surface area contributed by atoms with Gasteiger partial charge in [0.1, 0.15) is 12.1 Å². The molecular weight excluding hydrogens is 368 g/mol. The number of ether oxygens (including phenoxy) is 1. The average molecular weight is 392 g/mol. The van der Waals surface area contributed by atoms with E-state index in [-0.39, 0.29) is 23.0 Å². The molecule has 1 saturated carbocycles. The van der Waals surface area contributed by atoms with Crippen molar-refractivity contribution in [2.24, 2.45) is 11.3 Å². The summed E-state index contributed by atoms with van der Waals surface area (Å²) in [6.45, 7) is 5.33. The molecular formula is C19H24N2O5S. The number of rotatable bonds is 5. The summed E-state index contributed by atoms with van der Waals surface area (Å²) >= 11 is 1.26. The van der Waals surface area contributed by atoms with Gasteiger partial charge >= 0.3 is 12.0 Å². The standard InChI is InChI=1S/C19H24N2O5S/c1-12-7-18(2,3)11-19(8-12)16(24)21(17(25)20-19)9-15(23)26-10-13(22)14-5-4-6-27-14/h4-6,12H,7-11H2,1-3H3,(H,20,25)/t12-,19-/m0/s1. The molecule has 0 aromatic carbocycles. The number of amides is 3. The number of carbonyl (C=O) groups excluding carboxylic acids is 4. The molecule has 2 fully saturated rings. The van der Waals surface area contributed by atoms with E-state index < -0.39 is 30.7 Å². The van der Waals surface area contributed by atoms with Gasteiger partial charge in [-0.25, -0.2) is 4.79 Å². The van der Waals surface area contributed by atoms with Crippen LogP contribution in [0.1, 0.15) is 49.7 Å². The van der Waals surface area contributed by atoms with Gasteiger partial charge in [0.05, 0.1) is 4.88 Å². The number of esters is 1. The van der Waals surface area contributed by atoms with Crippen molar-refractivity contribution in [1.82, 2.24) is 10.2 Å². The molecule has 3 rings (SSSR count). The van der Waals surface area contributed by atoms with Gasteiger partial charge in [-0.2, -0.15) is 0 Å². The third-order valence-corrected chi connectivity index (χ3v) is 5.98. The highest BCUT2D eigenvalue weighted by Crippen LogP contribution is 2.46. The molecule has 3 amide bonds. The molecule has 1 aromatic heterocycles. The van der Waals surface area contributed by atoms with Gasteiger partial charge in [-0.3, -0.25) is 19.3 Å². The van der Waals surface area contributed by atoms with Crippen molar-refractivity contribution >= 4 is 35.0 Å². The van der Waals surface area contributed by atoms with Crippen LogP contribution in [0.4, 0.5) is 4.79 Å². The molecule has 2 atom stereocenters. The van der Waals surface area contributed by atoms with Gasteiger partial charge < -0.3 is 10.1 Å². The number of nitrogens with one attached hydrogen (secondary N) is 1. The van der Waals surface area contributed by atoms with Gasteiger partial charge in [-0.05, 0) is 42.0 Å². The molecule has 8 heteroatoms. The highest BCUT2D eigenvalue weighted by Gasteiger charge is 2.56. The maximum Gasteiger partial charge on any atom is 0.326 e. The number of hydrogen-bond donors (Lipinski definition) is 1. The Balaban J connectivity index is 1.62. The van der Waals surface area contributed by atoms with Gasteiger partial charge in [0.2, 0.25) is 5.78 Å². The van der Waals surface area contributed by atoms with Crippen LogP contribution in [-0.4, -0.2) is 47.3 Å². The minimum atomic E-state index is -0.953. The van der Waals surface area contributed by atoms with Crippen LogP contribution in [0.15, 0.2) is 17.5 Å². The molecule has 0 unspecified atom stereocenters. The Labute approximate surface area is 162 Å². The fourth-order valence-corrected chi connectivity index (χ4v) is 5.13. The molecule has 1 aromatic rings. The molecule has 146 valence electrons. The fourth-order valence-electron chi connectivity index (χ4n) is 4.48. The number of nitrogens with zero attached hydrogens (tertiary/aromatic N) is 1. The molecule has 2 aliphatic rings. The van der Waals surface area contributed by atoms with E-state index in [1.54, 1.807) is 17.5 Å². The number of hydrogen-bond acceptors (Lipinski definition) is 6. The summed E-state index contributed by atoms with van der Waals surface area (Å²) in [4.78, 5) is 50.7. The van der Waals surface area contributed by atoms with Crippen molar-refractivity contribution in [2.75, 3.05) is 13.2 Å². The molecule has 27 heavy (non-hydrogen) atoms. The second kappa shape index (κ2) is 7.07. The van der Waals surface area contributed by atoms with Gasteiger partial charge in [0.15, 0.2) is 6.61 Å². The zero-order valence-corrected chi connectivity index (χ0v) is 16.6. The summed E-state index contributed by atoms with van der Waals surface area (Å²) in [7, 11) is 0. The smallest absolute Gasteiger partial charge is 0.326 e. The van der Waals surface area contributed by atoms with Crippen LogP contribution in [0.25, 0.3) is 0 Å². The topological polar surface area (TPSA) is 92.8 Å². The summed E-state index contributed by atoms with van der Waals surface area (Å²) in [6.07, 6.45) is 2.07. The second-order valence-corrected chi connectivity index (χ2v) is 9.27. The summed E-state index contributed by atoms with van der Waals surface area (Å²) in [5.41, 5.74) is -1.03. The van der Waals surface area contributed by atoms with Gasteiger partial charge in [-0.15, -0.1) is 11.3 Å². The number of thiophene rings is 1. The maximum absolute atomic E-state index is 13.0. The predicted molar refractivity (Wildman–Crippen MR) is 99.4 cm³/mol. The monoisotopic (exact) mass is 392 g/mol. The largest absolute Gasteiger partial charge is 0.456 e. The Morgan fingerprint density at radius 3 is 2.70 bits per heavy atom. The van der Waals surface area contributed by atoms with Crippen LogP contribution < -0.4 is 5.32 Å². The SMILES string of the molecule is C[C@H]1CC(C)(C)C[C@]2(C1)NC(=O)N(CC(=O)OCC(=O)c1cccs1)C2=O. The fraction of sp³-hybridized carbons (Fsp3) is 0.579. The van der Waals surface area contributed by atoms with Crippen molar-refractivity contribution in [3.05, 3.63) is 22.4 Å². The Hall–Kier alpha value is -2.22. The highest BCUT2D eigenvalue weighted by molar-refractivity contribution is 7.12. The van der Waals surface area contributed by atoms with E-state index in [4.69, 9.17) is 4.74 Å². The Kier molecular flexibility index (Phi) is 5.12. The minimum Gasteiger partial charge on any atom is -0.456 e. The van der Waals surface area contributed by atoms with Crippen molar-refractivity contribution in [2.45, 2.75) is 45.6 Å². The van der Waals surface area contributed by atoms with Gasteiger partial charge in [0.25, 0.3) is 5.91 Å². The van der Waals surface area contributed by atoms with E-state index >= 15 is 0 Å². The first-order valence-electron chi connectivity index (χ1n) is 8.98. The third kappa shape index (κ3) is 4.05. The van der Waals surface area contributed by atoms with Crippen LogP contribution in [0.5, 0.6) is 0 Å². The summed E-state index contributed by atoms with van der Waals surface area (Å²) in [5, 5.41) is 4.57. The first kappa shape index (κ1) is 19.5. The molecule has 0 radical (unpaired) electrons. The van der Waals surface area contributed by atoms with Gasteiger partial charge in [0, 0.05) is 0 Å². The van der Waals surface area contributed by atoms with E-state index in [0.717, 1.165) is 11.3 Å². The lowest BCUT2D eigenvalue weighted by molar-refractivity contribution is -0.147. The van der Waals surface area contributed by atoms with Crippen molar-refractivity contribution in [1.29, 1.82) is 0 Å². The normalized spacial score (nSPS) is 26.9. The number of carbonyl (C=O) groups is 4. The van der Waals surface area contributed by atoms with Crippen LogP contribution in [0.2, 0.25) is 0 Å². The van der Waals surface area contributed by atoms with E-state index in [2.05, 4.69) is 26.1 Å². The quantitative estimate of drug-likeness (QED) is 0.472. The molecule has 1 N–H and O–H groups in total. The minimum absolute atomic E-state index is 0.0791. The number of ketones is 1. The van der Waals surface area contributed by atoms with Crippen LogP contribution in [0.3, 0.4) is 0 Å².